The number of piperazine rings is 1. The third-order valence-corrected chi connectivity index (χ3v) is 7.09. The topological polar surface area (TPSA) is 150 Å². The molecule has 12 heteroatoms. The minimum Gasteiger partial charge on any atom is -0.481 e. The van der Waals surface area contributed by atoms with Crippen molar-refractivity contribution in [3.63, 3.8) is 0 Å². The number of aromatic nitrogens is 1. The highest BCUT2D eigenvalue weighted by Crippen LogP contribution is 2.24. The molecule has 0 unspecified atom stereocenters. The van der Waals surface area contributed by atoms with Crippen molar-refractivity contribution in [3.05, 3.63) is 48.2 Å². The second kappa shape index (κ2) is 14.4. The summed E-state index contributed by atoms with van der Waals surface area (Å²) in [5.74, 6) is -2.05. The third-order valence-electron chi connectivity index (χ3n) is 7.09. The number of carboxylic acid groups (broad SMARTS) is 1. The highest BCUT2D eigenvalue weighted by atomic mass is 16.6. The summed E-state index contributed by atoms with van der Waals surface area (Å²) in [6.45, 7) is 4.36. The first kappa shape index (κ1) is 29.8. The maximum absolute atomic E-state index is 13.5. The molecule has 0 aliphatic carbocycles. The standard InChI is InChI=1S/C29H37N5O7/c1-2-41-29(39)34-14-12-33(13-15-34)28(38)23(8-9-26(35)36)32-27(37)25-19-22(30-21-10-16-40-17-11-21)18-24(31-25)20-6-4-3-5-7-20/h3-7,18-19,21,23H,2,8-17H2,1H3,(H,30,31)(H,32,37)(H,35,36)/t23-/m0/s1. The first-order valence-corrected chi connectivity index (χ1v) is 14.0. The predicted molar refractivity (Wildman–Crippen MR) is 150 cm³/mol. The van der Waals surface area contributed by atoms with Gasteiger partial charge in [0.1, 0.15) is 11.7 Å². The molecular weight excluding hydrogens is 530 g/mol. The molecular formula is C29H37N5O7. The Hall–Kier alpha value is -4.19. The minimum absolute atomic E-state index is 0.0798. The molecule has 0 bridgehead atoms. The van der Waals surface area contributed by atoms with Crippen molar-refractivity contribution < 1.29 is 33.8 Å². The van der Waals surface area contributed by atoms with E-state index in [-0.39, 0.29) is 57.4 Å². The van der Waals surface area contributed by atoms with Gasteiger partial charge in [0, 0.05) is 63.1 Å². The van der Waals surface area contributed by atoms with E-state index in [0.717, 1.165) is 24.1 Å². The lowest BCUT2D eigenvalue weighted by atomic mass is 10.1. The van der Waals surface area contributed by atoms with Crippen LogP contribution in [0.2, 0.25) is 0 Å². The molecule has 220 valence electrons. The second-order valence-electron chi connectivity index (χ2n) is 9.99. The van der Waals surface area contributed by atoms with Crippen LogP contribution in [0, 0.1) is 0 Å². The lowest BCUT2D eigenvalue weighted by Gasteiger charge is -2.36. The van der Waals surface area contributed by atoms with E-state index in [0.29, 0.717) is 18.9 Å². The number of hydrogen-bond acceptors (Lipinski definition) is 8. The minimum atomic E-state index is -1.07. The molecule has 1 atom stereocenters. The van der Waals surface area contributed by atoms with Crippen LogP contribution in [0.4, 0.5) is 10.5 Å². The summed E-state index contributed by atoms with van der Waals surface area (Å²) in [6, 6.07) is 12.1. The van der Waals surface area contributed by atoms with E-state index in [1.165, 1.54) is 9.80 Å². The Bertz CT molecular complexity index is 1210. The zero-order valence-electron chi connectivity index (χ0n) is 23.2. The van der Waals surface area contributed by atoms with Gasteiger partial charge in [-0.2, -0.15) is 0 Å². The number of rotatable bonds is 10. The number of anilines is 1. The Morgan fingerprint density at radius 1 is 1.05 bits per heavy atom. The molecule has 3 amide bonds. The summed E-state index contributed by atoms with van der Waals surface area (Å²) in [4.78, 5) is 58.0. The fourth-order valence-corrected chi connectivity index (χ4v) is 4.87. The molecule has 3 N–H and O–H groups in total. The summed E-state index contributed by atoms with van der Waals surface area (Å²) < 4.78 is 10.5. The van der Waals surface area contributed by atoms with Gasteiger partial charge in [0.25, 0.3) is 5.91 Å². The summed E-state index contributed by atoms with van der Waals surface area (Å²) in [5, 5.41) is 15.5. The quantitative estimate of drug-likeness (QED) is 0.394. The molecule has 0 saturated carbocycles. The predicted octanol–water partition coefficient (Wildman–Crippen LogP) is 2.60. The number of hydrogen-bond donors (Lipinski definition) is 3. The van der Waals surface area contributed by atoms with Crippen molar-refractivity contribution in [2.75, 3.05) is 51.3 Å². The number of nitrogens with one attached hydrogen (secondary N) is 2. The van der Waals surface area contributed by atoms with Crippen molar-refractivity contribution in [1.29, 1.82) is 0 Å². The van der Waals surface area contributed by atoms with Gasteiger partial charge < -0.3 is 35.0 Å². The lowest BCUT2D eigenvalue weighted by molar-refractivity contribution is -0.138. The number of carbonyl (C=O) groups excluding carboxylic acids is 3. The Kier molecular flexibility index (Phi) is 10.5. The van der Waals surface area contributed by atoms with Crippen molar-refractivity contribution in [2.24, 2.45) is 0 Å². The van der Waals surface area contributed by atoms with Gasteiger partial charge in [-0.05, 0) is 38.3 Å². The molecule has 2 aliphatic rings. The smallest absolute Gasteiger partial charge is 0.409 e. The van der Waals surface area contributed by atoms with Crippen molar-refractivity contribution in [2.45, 2.75) is 44.7 Å². The highest BCUT2D eigenvalue weighted by molar-refractivity contribution is 5.97. The second-order valence-corrected chi connectivity index (χ2v) is 9.99. The number of amides is 3. The highest BCUT2D eigenvalue weighted by Gasteiger charge is 2.31. The van der Waals surface area contributed by atoms with Crippen LogP contribution >= 0.6 is 0 Å². The summed E-state index contributed by atoms with van der Waals surface area (Å²) >= 11 is 0. The Morgan fingerprint density at radius 3 is 2.39 bits per heavy atom. The van der Waals surface area contributed by atoms with Gasteiger partial charge in [0.05, 0.1) is 12.3 Å². The van der Waals surface area contributed by atoms with Crippen molar-refractivity contribution >= 4 is 29.6 Å². The van der Waals surface area contributed by atoms with Crippen LogP contribution < -0.4 is 10.6 Å². The first-order valence-electron chi connectivity index (χ1n) is 14.0. The van der Waals surface area contributed by atoms with Crippen molar-refractivity contribution in [3.8, 4) is 11.3 Å². The van der Waals surface area contributed by atoms with Gasteiger partial charge in [-0.25, -0.2) is 9.78 Å². The molecule has 41 heavy (non-hydrogen) atoms. The van der Waals surface area contributed by atoms with E-state index in [9.17, 15) is 24.3 Å². The Morgan fingerprint density at radius 2 is 1.73 bits per heavy atom. The van der Waals surface area contributed by atoms with E-state index >= 15 is 0 Å². The molecule has 4 rings (SSSR count). The maximum Gasteiger partial charge on any atom is 0.409 e. The first-order chi connectivity index (χ1) is 19.8. The van der Waals surface area contributed by atoms with E-state index in [2.05, 4.69) is 15.6 Å². The fourth-order valence-electron chi connectivity index (χ4n) is 4.87. The van der Waals surface area contributed by atoms with E-state index < -0.39 is 29.9 Å². The largest absolute Gasteiger partial charge is 0.481 e. The van der Waals surface area contributed by atoms with Gasteiger partial charge in [0.2, 0.25) is 5.91 Å². The van der Waals surface area contributed by atoms with E-state index in [1.807, 2.05) is 36.4 Å². The number of nitrogens with zero attached hydrogens (tertiary/aromatic N) is 3. The molecule has 2 aliphatic heterocycles. The molecule has 1 aromatic heterocycles. The summed E-state index contributed by atoms with van der Waals surface area (Å²) in [5.41, 5.74) is 2.26. The monoisotopic (exact) mass is 567 g/mol. The molecule has 1 aromatic carbocycles. The van der Waals surface area contributed by atoms with Crippen LogP contribution in [0.5, 0.6) is 0 Å². The zero-order chi connectivity index (χ0) is 29.2. The summed E-state index contributed by atoms with van der Waals surface area (Å²) in [6.07, 6.45) is 0.848. The Labute approximate surface area is 239 Å². The molecule has 2 fully saturated rings. The van der Waals surface area contributed by atoms with Crippen LogP contribution in [0.3, 0.4) is 0 Å². The number of carboxylic acids is 1. The van der Waals surface area contributed by atoms with Crippen LogP contribution in [-0.4, -0.2) is 102 Å². The lowest BCUT2D eigenvalue weighted by Crippen LogP contribution is -2.56. The molecule has 12 nitrogen and oxygen atoms in total. The van der Waals surface area contributed by atoms with Crippen LogP contribution in [0.25, 0.3) is 11.3 Å². The van der Waals surface area contributed by atoms with Crippen LogP contribution in [0.1, 0.15) is 43.1 Å². The molecule has 0 radical (unpaired) electrons. The Balaban J connectivity index is 1.52. The number of ether oxygens (including phenoxy) is 2. The molecule has 2 aromatic rings. The molecule has 2 saturated heterocycles. The summed E-state index contributed by atoms with van der Waals surface area (Å²) in [7, 11) is 0. The molecule has 3 heterocycles. The van der Waals surface area contributed by atoms with Gasteiger partial charge in [0.15, 0.2) is 0 Å². The van der Waals surface area contributed by atoms with Gasteiger partial charge in [-0.1, -0.05) is 30.3 Å². The SMILES string of the molecule is CCOC(=O)N1CCN(C(=O)[C@H](CCC(=O)O)NC(=O)c2cc(NC3CCOCC3)cc(-c3ccccc3)n2)CC1. The van der Waals surface area contributed by atoms with Gasteiger partial charge in [-0.3, -0.25) is 14.4 Å². The number of benzene rings is 1. The third kappa shape index (κ3) is 8.40. The van der Waals surface area contributed by atoms with E-state index in [4.69, 9.17) is 9.47 Å². The fraction of sp³-hybridized carbons (Fsp3) is 0.483. The average molecular weight is 568 g/mol. The van der Waals surface area contributed by atoms with Crippen LogP contribution in [-0.2, 0) is 19.1 Å². The van der Waals surface area contributed by atoms with Crippen molar-refractivity contribution in [1.82, 2.24) is 20.1 Å². The average Bonchev–Trinajstić information content (AvgIpc) is 2.99. The van der Waals surface area contributed by atoms with Gasteiger partial charge in [-0.15, -0.1) is 0 Å². The molecule has 0 spiro atoms. The van der Waals surface area contributed by atoms with Gasteiger partial charge >= 0.3 is 12.1 Å². The van der Waals surface area contributed by atoms with Crippen LogP contribution in [0.15, 0.2) is 42.5 Å². The number of carbonyl (C=O) groups is 4. The zero-order valence-corrected chi connectivity index (χ0v) is 23.2. The number of aliphatic carboxylic acids is 1. The van der Waals surface area contributed by atoms with E-state index in [1.54, 1.807) is 13.0 Å². The number of pyridine rings is 1. The maximum atomic E-state index is 13.5. The normalized spacial score (nSPS) is 16.5.